The van der Waals surface area contributed by atoms with E-state index in [9.17, 15) is 4.79 Å². The van der Waals surface area contributed by atoms with Crippen LogP contribution >= 0.6 is 0 Å². The summed E-state index contributed by atoms with van der Waals surface area (Å²) in [6.07, 6.45) is 5.32. The van der Waals surface area contributed by atoms with Crippen LogP contribution in [-0.2, 0) is 11.3 Å². The third-order valence-electron chi connectivity index (χ3n) is 2.68. The molecule has 0 aromatic carbocycles. The Bertz CT molecular complexity index is 563. The maximum atomic E-state index is 11.5. The van der Waals surface area contributed by atoms with Gasteiger partial charge in [0.25, 0.3) is 0 Å². The van der Waals surface area contributed by atoms with Crippen molar-refractivity contribution in [2.24, 2.45) is 0 Å². The lowest BCUT2D eigenvalue weighted by Crippen LogP contribution is -2.12. The first-order chi connectivity index (χ1) is 9.69. The zero-order valence-electron chi connectivity index (χ0n) is 11.7. The van der Waals surface area contributed by atoms with Gasteiger partial charge in [0.1, 0.15) is 5.82 Å². The van der Waals surface area contributed by atoms with Crippen molar-refractivity contribution in [3.05, 3.63) is 41.9 Å². The molecule has 2 rings (SSSR count). The molecule has 0 saturated heterocycles. The summed E-state index contributed by atoms with van der Waals surface area (Å²) in [7, 11) is 0. The molecular formula is C14H18N4O2. The summed E-state index contributed by atoms with van der Waals surface area (Å²) in [5.74, 6) is 0.375. The molecule has 0 aliphatic heterocycles. The Hall–Kier alpha value is -2.37. The van der Waals surface area contributed by atoms with Gasteiger partial charge in [-0.2, -0.15) is 5.10 Å². The van der Waals surface area contributed by atoms with Crippen LogP contribution in [0.1, 0.15) is 22.8 Å². The summed E-state index contributed by atoms with van der Waals surface area (Å²) in [5.41, 5.74) is 1.60. The van der Waals surface area contributed by atoms with Crippen molar-refractivity contribution in [1.82, 2.24) is 14.8 Å². The Labute approximate surface area is 117 Å². The molecule has 1 N–H and O–H groups in total. The minimum atomic E-state index is -0.349. The van der Waals surface area contributed by atoms with Crippen molar-refractivity contribution < 1.29 is 9.53 Å². The maximum absolute atomic E-state index is 11.5. The Morgan fingerprint density at radius 2 is 2.25 bits per heavy atom. The number of ether oxygens (including phenoxy) is 1. The van der Waals surface area contributed by atoms with E-state index in [4.69, 9.17) is 4.74 Å². The van der Waals surface area contributed by atoms with Gasteiger partial charge in [0.05, 0.1) is 24.9 Å². The highest BCUT2D eigenvalue weighted by Crippen LogP contribution is 2.06. The van der Waals surface area contributed by atoms with E-state index >= 15 is 0 Å². The first-order valence-corrected chi connectivity index (χ1v) is 6.55. The van der Waals surface area contributed by atoms with Gasteiger partial charge in [-0.1, -0.05) is 0 Å². The monoisotopic (exact) mass is 274 g/mol. The second kappa shape index (κ2) is 6.70. The van der Waals surface area contributed by atoms with Crippen LogP contribution in [0.3, 0.4) is 0 Å². The lowest BCUT2D eigenvalue weighted by Gasteiger charge is -2.06. The number of nitrogens with zero attached hydrogens (tertiary/aromatic N) is 3. The molecule has 0 atom stereocenters. The first kappa shape index (κ1) is 14.0. The van der Waals surface area contributed by atoms with Gasteiger partial charge in [-0.25, -0.2) is 9.78 Å². The molecule has 6 heteroatoms. The largest absolute Gasteiger partial charge is 0.462 e. The Kier molecular flexibility index (Phi) is 4.70. The predicted octanol–water partition coefficient (Wildman–Crippen LogP) is 1.88. The number of aryl methyl sites for hydroxylation is 1. The molecule has 0 bridgehead atoms. The Morgan fingerprint density at radius 1 is 1.40 bits per heavy atom. The highest BCUT2D eigenvalue weighted by Gasteiger charge is 2.06. The van der Waals surface area contributed by atoms with Gasteiger partial charge in [-0.3, -0.25) is 4.68 Å². The number of carbonyl (C=O) groups is 1. The number of pyridine rings is 1. The van der Waals surface area contributed by atoms with Crippen molar-refractivity contribution in [2.75, 3.05) is 18.5 Å². The number of esters is 1. The van der Waals surface area contributed by atoms with Crippen molar-refractivity contribution >= 4 is 11.8 Å². The molecule has 0 aliphatic rings. The SMILES string of the molecule is CCOC(=O)c1ccc(NCCn2cc(C)cn2)nc1. The van der Waals surface area contributed by atoms with Crippen molar-refractivity contribution in [1.29, 1.82) is 0 Å². The highest BCUT2D eigenvalue weighted by molar-refractivity contribution is 5.89. The summed E-state index contributed by atoms with van der Waals surface area (Å²) >= 11 is 0. The fourth-order valence-electron chi connectivity index (χ4n) is 1.72. The number of rotatable bonds is 6. The van der Waals surface area contributed by atoms with Crippen LogP contribution in [0.2, 0.25) is 0 Å². The molecule has 20 heavy (non-hydrogen) atoms. The summed E-state index contributed by atoms with van der Waals surface area (Å²) in [6, 6.07) is 3.46. The number of nitrogens with one attached hydrogen (secondary N) is 1. The first-order valence-electron chi connectivity index (χ1n) is 6.55. The van der Waals surface area contributed by atoms with Crippen LogP contribution in [-0.4, -0.2) is 33.9 Å². The quantitative estimate of drug-likeness (QED) is 0.814. The van der Waals surface area contributed by atoms with Crippen LogP contribution < -0.4 is 5.32 Å². The van der Waals surface area contributed by atoms with Crippen molar-refractivity contribution in [3.63, 3.8) is 0 Å². The average Bonchev–Trinajstić information content (AvgIpc) is 2.85. The average molecular weight is 274 g/mol. The summed E-state index contributed by atoms with van der Waals surface area (Å²) < 4.78 is 6.77. The third kappa shape index (κ3) is 3.81. The molecule has 2 aromatic rings. The van der Waals surface area contributed by atoms with Gasteiger partial charge >= 0.3 is 5.97 Å². The number of anilines is 1. The standard InChI is InChI=1S/C14H18N4O2/c1-3-20-14(19)12-4-5-13(16-9-12)15-6-7-18-10-11(2)8-17-18/h4-5,8-10H,3,6-7H2,1-2H3,(H,15,16). The summed E-state index contributed by atoms with van der Waals surface area (Å²) in [6.45, 7) is 5.62. The van der Waals surface area contributed by atoms with Gasteiger partial charge in [0, 0.05) is 18.9 Å². The Morgan fingerprint density at radius 3 is 2.85 bits per heavy atom. The van der Waals surface area contributed by atoms with Crippen LogP contribution in [0.5, 0.6) is 0 Å². The normalized spacial score (nSPS) is 10.3. The molecule has 0 fully saturated rings. The lowest BCUT2D eigenvalue weighted by atomic mass is 10.3. The number of carbonyl (C=O) groups excluding carboxylic acids is 1. The van der Waals surface area contributed by atoms with Crippen LogP contribution in [0.15, 0.2) is 30.7 Å². The molecule has 2 heterocycles. The minimum absolute atomic E-state index is 0.349. The number of hydrogen-bond acceptors (Lipinski definition) is 5. The van der Waals surface area contributed by atoms with E-state index in [1.165, 1.54) is 6.20 Å². The summed E-state index contributed by atoms with van der Waals surface area (Å²) in [4.78, 5) is 15.6. The van der Waals surface area contributed by atoms with Gasteiger partial charge in [0.15, 0.2) is 0 Å². The molecule has 0 saturated carbocycles. The molecule has 0 radical (unpaired) electrons. The number of hydrogen-bond donors (Lipinski definition) is 1. The molecular weight excluding hydrogens is 256 g/mol. The van der Waals surface area contributed by atoms with E-state index in [1.54, 1.807) is 19.1 Å². The van der Waals surface area contributed by atoms with E-state index in [1.807, 2.05) is 24.0 Å². The maximum Gasteiger partial charge on any atom is 0.339 e. The summed E-state index contributed by atoms with van der Waals surface area (Å²) in [5, 5.41) is 7.38. The van der Waals surface area contributed by atoms with E-state index in [-0.39, 0.29) is 5.97 Å². The van der Waals surface area contributed by atoms with Crippen LogP contribution in [0.4, 0.5) is 5.82 Å². The third-order valence-corrected chi connectivity index (χ3v) is 2.68. The second-order valence-electron chi connectivity index (χ2n) is 4.36. The zero-order chi connectivity index (χ0) is 14.4. The van der Waals surface area contributed by atoms with Crippen LogP contribution in [0.25, 0.3) is 0 Å². The molecule has 2 aromatic heterocycles. The Balaban J connectivity index is 1.83. The smallest absolute Gasteiger partial charge is 0.339 e. The predicted molar refractivity (Wildman–Crippen MR) is 75.6 cm³/mol. The lowest BCUT2D eigenvalue weighted by molar-refractivity contribution is 0.0526. The minimum Gasteiger partial charge on any atom is -0.462 e. The highest BCUT2D eigenvalue weighted by atomic mass is 16.5. The second-order valence-corrected chi connectivity index (χ2v) is 4.36. The molecule has 0 aliphatic carbocycles. The molecule has 106 valence electrons. The number of aromatic nitrogens is 3. The molecule has 0 spiro atoms. The van der Waals surface area contributed by atoms with Crippen molar-refractivity contribution in [3.8, 4) is 0 Å². The van der Waals surface area contributed by atoms with E-state index in [0.29, 0.717) is 18.7 Å². The molecule has 0 unspecified atom stereocenters. The fourth-order valence-corrected chi connectivity index (χ4v) is 1.72. The fraction of sp³-hybridized carbons (Fsp3) is 0.357. The van der Waals surface area contributed by atoms with E-state index < -0.39 is 0 Å². The van der Waals surface area contributed by atoms with E-state index in [2.05, 4.69) is 15.4 Å². The van der Waals surface area contributed by atoms with Gasteiger partial charge < -0.3 is 10.1 Å². The topological polar surface area (TPSA) is 69.0 Å². The molecule has 0 amide bonds. The zero-order valence-corrected chi connectivity index (χ0v) is 11.7. The van der Waals surface area contributed by atoms with Gasteiger partial charge in [0.2, 0.25) is 0 Å². The van der Waals surface area contributed by atoms with Crippen LogP contribution in [0, 0.1) is 6.92 Å². The van der Waals surface area contributed by atoms with Gasteiger partial charge in [-0.05, 0) is 31.5 Å². The van der Waals surface area contributed by atoms with E-state index in [0.717, 1.165) is 17.9 Å². The van der Waals surface area contributed by atoms with Gasteiger partial charge in [-0.15, -0.1) is 0 Å². The molecule has 6 nitrogen and oxygen atoms in total. The van der Waals surface area contributed by atoms with Crippen molar-refractivity contribution in [2.45, 2.75) is 20.4 Å².